The topological polar surface area (TPSA) is 21.3 Å². The lowest BCUT2D eigenvalue weighted by atomic mass is 10.0. The molecule has 2 aromatic carbocycles. The Morgan fingerprint density at radius 2 is 2.00 bits per heavy atom. The first-order valence-electron chi connectivity index (χ1n) is 6.62. The van der Waals surface area contributed by atoms with Crippen LogP contribution in [0.2, 0.25) is 0 Å². The van der Waals surface area contributed by atoms with E-state index in [4.69, 9.17) is 4.74 Å². The fourth-order valence-electron chi connectivity index (χ4n) is 2.58. The van der Waals surface area contributed by atoms with Crippen LogP contribution >= 0.6 is 0 Å². The van der Waals surface area contributed by atoms with Crippen molar-refractivity contribution >= 4 is 10.8 Å². The Morgan fingerprint density at radius 3 is 2.83 bits per heavy atom. The molecule has 0 amide bonds. The van der Waals surface area contributed by atoms with Gasteiger partial charge in [0.1, 0.15) is 0 Å². The van der Waals surface area contributed by atoms with Crippen molar-refractivity contribution in [2.45, 2.75) is 19.4 Å². The lowest BCUT2D eigenvalue weighted by Gasteiger charge is -2.23. The van der Waals surface area contributed by atoms with Gasteiger partial charge in [-0.3, -0.25) is 0 Å². The van der Waals surface area contributed by atoms with Gasteiger partial charge in [0.2, 0.25) is 0 Å². The highest BCUT2D eigenvalue weighted by molar-refractivity contribution is 5.83. The second-order valence-corrected chi connectivity index (χ2v) is 5.12. The van der Waals surface area contributed by atoms with Crippen LogP contribution in [-0.2, 0) is 11.2 Å². The number of ether oxygens (including phenoxy) is 1. The zero-order valence-electron chi connectivity index (χ0n) is 10.8. The van der Waals surface area contributed by atoms with Crippen molar-refractivity contribution in [2.24, 2.45) is 0 Å². The van der Waals surface area contributed by atoms with E-state index in [2.05, 4.69) is 48.6 Å². The van der Waals surface area contributed by atoms with Gasteiger partial charge in [0, 0.05) is 12.6 Å². The Balaban J connectivity index is 1.82. The van der Waals surface area contributed by atoms with Crippen LogP contribution < -0.4 is 5.32 Å². The summed E-state index contributed by atoms with van der Waals surface area (Å²) >= 11 is 0. The van der Waals surface area contributed by atoms with Gasteiger partial charge in [0.15, 0.2) is 0 Å². The van der Waals surface area contributed by atoms with E-state index in [9.17, 15) is 0 Å². The lowest BCUT2D eigenvalue weighted by molar-refractivity contribution is 0.0770. The Bertz CT molecular complexity index is 544. The van der Waals surface area contributed by atoms with Gasteiger partial charge < -0.3 is 10.1 Å². The van der Waals surface area contributed by atoms with Gasteiger partial charge >= 0.3 is 0 Å². The molecule has 1 aliphatic heterocycles. The molecule has 0 aliphatic carbocycles. The predicted octanol–water partition coefficient (Wildman–Crippen LogP) is 2.68. The highest BCUT2D eigenvalue weighted by Gasteiger charge is 2.13. The molecule has 1 unspecified atom stereocenters. The van der Waals surface area contributed by atoms with Crippen molar-refractivity contribution in [3.8, 4) is 0 Å². The van der Waals surface area contributed by atoms with E-state index in [1.807, 2.05) is 0 Å². The molecule has 1 aliphatic rings. The standard InChI is InChI=1S/C16H19NO/c1-12-2-4-15-9-13(3-5-14(15)8-12)10-16-11-18-7-6-17-16/h2-5,8-9,16-17H,6-7,10-11H2,1H3. The summed E-state index contributed by atoms with van der Waals surface area (Å²) in [6.45, 7) is 4.77. The second kappa shape index (κ2) is 5.09. The molecule has 2 heteroatoms. The van der Waals surface area contributed by atoms with E-state index >= 15 is 0 Å². The summed E-state index contributed by atoms with van der Waals surface area (Å²) in [4.78, 5) is 0. The first kappa shape index (κ1) is 11.7. The van der Waals surface area contributed by atoms with Crippen LogP contribution in [0.4, 0.5) is 0 Å². The number of hydrogen-bond acceptors (Lipinski definition) is 2. The van der Waals surface area contributed by atoms with Crippen molar-refractivity contribution in [1.29, 1.82) is 0 Å². The second-order valence-electron chi connectivity index (χ2n) is 5.12. The van der Waals surface area contributed by atoms with E-state index in [1.54, 1.807) is 0 Å². The minimum Gasteiger partial charge on any atom is -0.379 e. The summed E-state index contributed by atoms with van der Waals surface area (Å²) in [7, 11) is 0. The van der Waals surface area contributed by atoms with Crippen molar-refractivity contribution < 1.29 is 4.74 Å². The highest BCUT2D eigenvalue weighted by Crippen LogP contribution is 2.18. The molecule has 0 spiro atoms. The Labute approximate surface area is 108 Å². The summed E-state index contributed by atoms with van der Waals surface area (Å²) in [5, 5.41) is 6.15. The van der Waals surface area contributed by atoms with E-state index in [0.717, 1.165) is 26.2 Å². The van der Waals surface area contributed by atoms with Crippen LogP contribution in [0.25, 0.3) is 10.8 Å². The van der Waals surface area contributed by atoms with Gasteiger partial charge in [-0.25, -0.2) is 0 Å². The zero-order valence-corrected chi connectivity index (χ0v) is 10.8. The first-order chi connectivity index (χ1) is 8.81. The van der Waals surface area contributed by atoms with Crippen LogP contribution in [0.1, 0.15) is 11.1 Å². The van der Waals surface area contributed by atoms with Crippen molar-refractivity contribution in [2.75, 3.05) is 19.8 Å². The normalized spacial score (nSPS) is 20.2. The molecule has 94 valence electrons. The average molecular weight is 241 g/mol. The fourth-order valence-corrected chi connectivity index (χ4v) is 2.58. The number of fused-ring (bicyclic) bond motifs is 1. The van der Waals surface area contributed by atoms with E-state index in [1.165, 1.54) is 21.9 Å². The third kappa shape index (κ3) is 2.55. The maximum absolute atomic E-state index is 5.50. The molecule has 0 bridgehead atoms. The number of aryl methyl sites for hydroxylation is 1. The zero-order chi connectivity index (χ0) is 12.4. The molecule has 0 saturated carbocycles. The van der Waals surface area contributed by atoms with Gasteiger partial charge in [-0.2, -0.15) is 0 Å². The number of nitrogens with one attached hydrogen (secondary N) is 1. The fraction of sp³-hybridized carbons (Fsp3) is 0.375. The number of rotatable bonds is 2. The first-order valence-corrected chi connectivity index (χ1v) is 6.62. The molecule has 18 heavy (non-hydrogen) atoms. The Morgan fingerprint density at radius 1 is 1.17 bits per heavy atom. The third-order valence-electron chi connectivity index (χ3n) is 3.54. The minimum atomic E-state index is 0.460. The summed E-state index contributed by atoms with van der Waals surface area (Å²) in [5.41, 5.74) is 2.70. The van der Waals surface area contributed by atoms with Crippen molar-refractivity contribution in [1.82, 2.24) is 5.32 Å². The van der Waals surface area contributed by atoms with Crippen molar-refractivity contribution in [3.63, 3.8) is 0 Å². The van der Waals surface area contributed by atoms with Crippen LogP contribution in [0.15, 0.2) is 36.4 Å². The molecule has 1 fully saturated rings. The highest BCUT2D eigenvalue weighted by atomic mass is 16.5. The van der Waals surface area contributed by atoms with E-state index in [0.29, 0.717) is 6.04 Å². The average Bonchev–Trinajstić information content (AvgIpc) is 2.40. The van der Waals surface area contributed by atoms with Gasteiger partial charge in [-0.05, 0) is 29.7 Å². The number of morpholine rings is 1. The van der Waals surface area contributed by atoms with Gasteiger partial charge in [0.05, 0.1) is 13.2 Å². The summed E-state index contributed by atoms with van der Waals surface area (Å²) in [5.74, 6) is 0. The number of benzene rings is 2. The molecule has 2 aromatic rings. The largest absolute Gasteiger partial charge is 0.379 e. The quantitative estimate of drug-likeness (QED) is 0.873. The predicted molar refractivity (Wildman–Crippen MR) is 75.0 cm³/mol. The molecule has 2 nitrogen and oxygen atoms in total. The van der Waals surface area contributed by atoms with Gasteiger partial charge in [-0.1, -0.05) is 42.0 Å². The maximum atomic E-state index is 5.50. The summed E-state index contributed by atoms with van der Waals surface area (Å²) in [6.07, 6.45) is 1.05. The molecule has 1 heterocycles. The molecule has 1 atom stereocenters. The Kier molecular flexibility index (Phi) is 3.31. The van der Waals surface area contributed by atoms with Crippen LogP contribution in [0.5, 0.6) is 0 Å². The Hall–Kier alpha value is -1.38. The van der Waals surface area contributed by atoms with E-state index in [-0.39, 0.29) is 0 Å². The van der Waals surface area contributed by atoms with Crippen molar-refractivity contribution in [3.05, 3.63) is 47.5 Å². The molecular formula is C16H19NO. The van der Waals surface area contributed by atoms with E-state index < -0.39 is 0 Å². The molecule has 1 N–H and O–H groups in total. The smallest absolute Gasteiger partial charge is 0.0623 e. The van der Waals surface area contributed by atoms with Gasteiger partial charge in [0.25, 0.3) is 0 Å². The number of hydrogen-bond donors (Lipinski definition) is 1. The van der Waals surface area contributed by atoms with Crippen LogP contribution in [-0.4, -0.2) is 25.8 Å². The minimum absolute atomic E-state index is 0.460. The third-order valence-corrected chi connectivity index (χ3v) is 3.54. The summed E-state index contributed by atoms with van der Waals surface area (Å²) in [6, 6.07) is 13.8. The molecule has 3 rings (SSSR count). The van der Waals surface area contributed by atoms with Crippen LogP contribution in [0.3, 0.4) is 0 Å². The summed E-state index contributed by atoms with van der Waals surface area (Å²) < 4.78 is 5.50. The monoisotopic (exact) mass is 241 g/mol. The molecule has 0 radical (unpaired) electrons. The van der Waals surface area contributed by atoms with Crippen LogP contribution in [0, 0.1) is 6.92 Å². The lowest BCUT2D eigenvalue weighted by Crippen LogP contribution is -2.42. The maximum Gasteiger partial charge on any atom is 0.0623 e. The molecular weight excluding hydrogens is 222 g/mol. The molecule has 0 aromatic heterocycles. The molecule has 1 saturated heterocycles. The SMILES string of the molecule is Cc1ccc2cc(CC3COCCN3)ccc2c1. The van der Waals surface area contributed by atoms with Gasteiger partial charge in [-0.15, -0.1) is 0 Å².